The minimum atomic E-state index is -0.0835. The van der Waals surface area contributed by atoms with Gasteiger partial charge in [-0.15, -0.1) is 0 Å². The Labute approximate surface area is 136 Å². The van der Waals surface area contributed by atoms with Crippen LogP contribution in [-0.2, 0) is 17.6 Å². The second kappa shape index (κ2) is 6.78. The lowest BCUT2D eigenvalue weighted by Gasteiger charge is -2.22. The topological polar surface area (TPSA) is 25.4 Å². The molecule has 0 fully saturated rings. The molecule has 1 heterocycles. The molecule has 4 heteroatoms. The zero-order valence-electron chi connectivity index (χ0n) is 13.1. The van der Waals surface area contributed by atoms with Gasteiger partial charge in [-0.25, -0.2) is 0 Å². The number of halogens is 1. The normalized spacial score (nSPS) is 17.0. The quantitative estimate of drug-likeness (QED) is 0.863. The van der Waals surface area contributed by atoms with Crippen LogP contribution in [0.2, 0.25) is 5.02 Å². The van der Waals surface area contributed by atoms with Crippen LogP contribution in [0.4, 0.5) is 0 Å². The molecule has 0 amide bonds. The Morgan fingerprint density at radius 3 is 2.91 bits per heavy atom. The second-order valence-corrected chi connectivity index (χ2v) is 6.37. The van der Waals surface area contributed by atoms with E-state index >= 15 is 0 Å². The van der Waals surface area contributed by atoms with Crippen molar-refractivity contribution in [3.63, 3.8) is 0 Å². The molecule has 3 nitrogen and oxygen atoms in total. The van der Waals surface area contributed by atoms with Gasteiger partial charge in [0.15, 0.2) is 0 Å². The van der Waals surface area contributed by atoms with Crippen molar-refractivity contribution in [1.82, 2.24) is 9.88 Å². The van der Waals surface area contributed by atoms with Crippen LogP contribution in [0.1, 0.15) is 28.5 Å². The van der Waals surface area contributed by atoms with E-state index in [0.29, 0.717) is 6.61 Å². The van der Waals surface area contributed by atoms with Crippen LogP contribution in [0.25, 0.3) is 0 Å². The Kier molecular flexibility index (Phi) is 4.77. The van der Waals surface area contributed by atoms with E-state index in [9.17, 15) is 0 Å². The Balaban J connectivity index is 1.98. The van der Waals surface area contributed by atoms with Gasteiger partial charge in [-0.1, -0.05) is 23.7 Å². The predicted molar refractivity (Wildman–Crippen MR) is 89.4 cm³/mol. The van der Waals surface area contributed by atoms with Gasteiger partial charge in [0, 0.05) is 29.0 Å². The molecule has 116 valence electrons. The SMILES string of the molecule is CN(C)CCOC1c2cc(Cl)ccc2CCc2ncccc21. The number of nitrogens with zero attached hydrogens (tertiary/aromatic N) is 2. The Morgan fingerprint density at radius 2 is 2.09 bits per heavy atom. The third kappa shape index (κ3) is 3.32. The van der Waals surface area contributed by atoms with Gasteiger partial charge >= 0.3 is 0 Å². The molecule has 3 rings (SSSR count). The zero-order chi connectivity index (χ0) is 15.5. The average molecular weight is 317 g/mol. The van der Waals surface area contributed by atoms with E-state index < -0.39 is 0 Å². The summed E-state index contributed by atoms with van der Waals surface area (Å²) >= 11 is 6.23. The van der Waals surface area contributed by atoms with Crippen LogP contribution in [-0.4, -0.2) is 37.1 Å². The van der Waals surface area contributed by atoms with E-state index in [-0.39, 0.29) is 6.10 Å². The first-order valence-electron chi connectivity index (χ1n) is 7.63. The van der Waals surface area contributed by atoms with Crippen molar-refractivity contribution in [3.8, 4) is 0 Å². The van der Waals surface area contributed by atoms with Crippen molar-refractivity contribution >= 4 is 11.6 Å². The maximum Gasteiger partial charge on any atom is 0.110 e. The van der Waals surface area contributed by atoms with Crippen molar-refractivity contribution < 1.29 is 4.74 Å². The first-order valence-corrected chi connectivity index (χ1v) is 8.01. The first-order chi connectivity index (χ1) is 10.6. The van der Waals surface area contributed by atoms with Crippen LogP contribution in [0.3, 0.4) is 0 Å². The fraction of sp³-hybridized carbons (Fsp3) is 0.389. The van der Waals surface area contributed by atoms with Crippen molar-refractivity contribution in [3.05, 3.63) is 63.9 Å². The highest BCUT2D eigenvalue weighted by atomic mass is 35.5. The molecule has 0 N–H and O–H groups in total. The number of ether oxygens (including phenoxy) is 1. The summed E-state index contributed by atoms with van der Waals surface area (Å²) in [4.78, 5) is 6.68. The lowest BCUT2D eigenvalue weighted by molar-refractivity contribution is 0.0681. The molecule has 2 aromatic rings. The highest BCUT2D eigenvalue weighted by molar-refractivity contribution is 6.30. The van der Waals surface area contributed by atoms with Crippen LogP contribution in [0, 0.1) is 0 Å². The number of rotatable bonds is 4. The highest BCUT2D eigenvalue weighted by Crippen LogP contribution is 2.35. The molecule has 22 heavy (non-hydrogen) atoms. The van der Waals surface area contributed by atoms with E-state index in [1.807, 2.05) is 24.4 Å². The summed E-state index contributed by atoms with van der Waals surface area (Å²) in [7, 11) is 4.10. The van der Waals surface area contributed by atoms with Crippen LogP contribution in [0.15, 0.2) is 36.5 Å². The number of hydrogen-bond acceptors (Lipinski definition) is 3. The Bertz CT molecular complexity index is 657. The fourth-order valence-electron chi connectivity index (χ4n) is 2.89. The van der Waals surface area contributed by atoms with Crippen molar-refractivity contribution in [2.24, 2.45) is 0 Å². The van der Waals surface area contributed by atoms with Gasteiger partial charge in [0.2, 0.25) is 0 Å². The van der Waals surface area contributed by atoms with Crippen LogP contribution in [0.5, 0.6) is 0 Å². The monoisotopic (exact) mass is 316 g/mol. The summed E-state index contributed by atoms with van der Waals surface area (Å²) in [6.07, 6.45) is 3.70. The number of likely N-dealkylation sites (N-methyl/N-ethyl adjacent to an activating group) is 1. The maximum absolute atomic E-state index is 6.24. The number of aryl methyl sites for hydroxylation is 2. The number of fused-ring (bicyclic) bond motifs is 2. The van der Waals surface area contributed by atoms with Crippen molar-refractivity contribution in [2.45, 2.75) is 18.9 Å². The summed E-state index contributed by atoms with van der Waals surface area (Å²) in [5.74, 6) is 0. The van der Waals surface area contributed by atoms with Gasteiger partial charge in [-0.3, -0.25) is 4.98 Å². The van der Waals surface area contributed by atoms with Gasteiger partial charge in [0.1, 0.15) is 6.10 Å². The molecule has 1 aliphatic rings. The molecule has 1 atom stereocenters. The molecule has 0 bridgehead atoms. The van der Waals surface area contributed by atoms with E-state index in [4.69, 9.17) is 16.3 Å². The summed E-state index contributed by atoms with van der Waals surface area (Å²) in [5.41, 5.74) is 4.78. The smallest absolute Gasteiger partial charge is 0.110 e. The van der Waals surface area contributed by atoms with Gasteiger partial charge < -0.3 is 9.64 Å². The Morgan fingerprint density at radius 1 is 1.23 bits per heavy atom. The molecular weight excluding hydrogens is 296 g/mol. The van der Waals surface area contributed by atoms with Crippen molar-refractivity contribution in [1.29, 1.82) is 0 Å². The molecule has 0 aliphatic heterocycles. The third-order valence-electron chi connectivity index (χ3n) is 4.05. The maximum atomic E-state index is 6.24. The molecule has 1 aromatic carbocycles. The van der Waals surface area contributed by atoms with Gasteiger partial charge in [-0.2, -0.15) is 0 Å². The zero-order valence-corrected chi connectivity index (χ0v) is 13.8. The van der Waals surface area contributed by atoms with E-state index in [2.05, 4.69) is 36.1 Å². The number of pyridine rings is 1. The fourth-order valence-corrected chi connectivity index (χ4v) is 3.07. The number of aromatic nitrogens is 1. The predicted octanol–water partition coefficient (Wildman–Crippen LogP) is 3.50. The molecule has 1 unspecified atom stereocenters. The molecule has 1 aromatic heterocycles. The van der Waals surface area contributed by atoms with Crippen molar-refractivity contribution in [2.75, 3.05) is 27.2 Å². The summed E-state index contributed by atoms with van der Waals surface area (Å²) in [5, 5.41) is 0.757. The van der Waals surface area contributed by atoms with E-state index in [1.165, 1.54) is 16.7 Å². The first kappa shape index (κ1) is 15.5. The number of hydrogen-bond donors (Lipinski definition) is 0. The molecule has 0 saturated carbocycles. The standard InChI is InChI=1S/C18H21ClN2O/c1-21(2)10-11-22-18-15-4-3-9-20-17(15)8-6-13-5-7-14(19)12-16(13)18/h3-5,7,9,12,18H,6,8,10-11H2,1-2H3. The lowest BCUT2D eigenvalue weighted by atomic mass is 9.98. The average Bonchev–Trinajstić information content (AvgIpc) is 2.65. The van der Waals surface area contributed by atoms with Gasteiger partial charge in [-0.05, 0) is 56.3 Å². The molecular formula is C18H21ClN2O. The van der Waals surface area contributed by atoms with Gasteiger partial charge in [0.05, 0.1) is 6.61 Å². The van der Waals surface area contributed by atoms with Gasteiger partial charge in [0.25, 0.3) is 0 Å². The summed E-state index contributed by atoms with van der Waals surface area (Å²) in [6, 6.07) is 10.2. The van der Waals surface area contributed by atoms with Crippen LogP contribution >= 0.6 is 11.6 Å². The number of benzene rings is 1. The summed E-state index contributed by atoms with van der Waals surface area (Å²) < 4.78 is 6.24. The van der Waals surface area contributed by atoms with Crippen LogP contribution < -0.4 is 0 Å². The minimum Gasteiger partial charge on any atom is -0.367 e. The second-order valence-electron chi connectivity index (χ2n) is 5.94. The Hall–Kier alpha value is -1.42. The molecule has 0 radical (unpaired) electrons. The lowest BCUT2D eigenvalue weighted by Crippen LogP contribution is -2.20. The highest BCUT2D eigenvalue weighted by Gasteiger charge is 2.25. The third-order valence-corrected chi connectivity index (χ3v) is 4.29. The van der Waals surface area contributed by atoms with E-state index in [1.54, 1.807) is 0 Å². The molecule has 1 aliphatic carbocycles. The molecule has 0 spiro atoms. The summed E-state index contributed by atoms with van der Waals surface area (Å²) in [6.45, 7) is 1.57. The molecule has 0 saturated heterocycles. The largest absolute Gasteiger partial charge is 0.367 e. The van der Waals surface area contributed by atoms with E-state index in [0.717, 1.165) is 30.1 Å². The minimum absolute atomic E-state index is 0.0835.